The zero-order chi connectivity index (χ0) is 11.8. The Kier molecular flexibility index (Phi) is 2.30. The van der Waals surface area contributed by atoms with E-state index in [1.54, 1.807) is 12.3 Å². The largest absolute Gasteiger partial charge is 0.345 e. The van der Waals surface area contributed by atoms with Crippen molar-refractivity contribution in [3.8, 4) is 11.1 Å². The van der Waals surface area contributed by atoms with Crippen molar-refractivity contribution >= 4 is 22.6 Å². The van der Waals surface area contributed by atoms with Gasteiger partial charge in [0.2, 0.25) is 0 Å². The lowest BCUT2D eigenvalue weighted by Gasteiger charge is -2.00. The van der Waals surface area contributed by atoms with Crippen LogP contribution in [0.3, 0.4) is 0 Å². The highest BCUT2D eigenvalue weighted by molar-refractivity contribution is 6.35. The highest BCUT2D eigenvalue weighted by Gasteiger charge is 2.11. The molecular formula is C12H7ClFN3. The molecule has 0 saturated carbocycles. The van der Waals surface area contributed by atoms with E-state index in [4.69, 9.17) is 11.6 Å². The van der Waals surface area contributed by atoms with Gasteiger partial charge >= 0.3 is 0 Å². The molecule has 0 unspecified atom stereocenters. The number of rotatable bonds is 1. The van der Waals surface area contributed by atoms with E-state index in [1.165, 1.54) is 18.5 Å². The monoisotopic (exact) mass is 247 g/mol. The maximum absolute atomic E-state index is 13.2. The normalized spacial score (nSPS) is 10.9. The van der Waals surface area contributed by atoms with Crippen LogP contribution in [0.25, 0.3) is 22.2 Å². The summed E-state index contributed by atoms with van der Waals surface area (Å²) in [7, 11) is 0. The van der Waals surface area contributed by atoms with Crippen molar-refractivity contribution in [3.05, 3.63) is 47.8 Å². The topological polar surface area (TPSA) is 41.6 Å². The van der Waals surface area contributed by atoms with E-state index < -0.39 is 0 Å². The number of nitrogens with one attached hydrogen (secondary N) is 1. The maximum atomic E-state index is 13.2. The van der Waals surface area contributed by atoms with Crippen LogP contribution in [0.15, 0.2) is 36.8 Å². The molecule has 2 aromatic heterocycles. The molecule has 0 amide bonds. The Balaban J connectivity index is 2.31. The smallest absolute Gasteiger partial charge is 0.142 e. The van der Waals surface area contributed by atoms with Crippen LogP contribution >= 0.6 is 11.6 Å². The van der Waals surface area contributed by atoms with Gasteiger partial charge in [-0.25, -0.2) is 14.4 Å². The summed E-state index contributed by atoms with van der Waals surface area (Å²) in [6.07, 6.45) is 3.14. The first-order valence-electron chi connectivity index (χ1n) is 4.99. The molecular weight excluding hydrogens is 241 g/mol. The minimum atomic E-state index is -0.287. The van der Waals surface area contributed by atoms with E-state index >= 15 is 0 Å². The molecule has 0 saturated heterocycles. The van der Waals surface area contributed by atoms with Crippen molar-refractivity contribution in [2.75, 3.05) is 0 Å². The fraction of sp³-hybridized carbons (Fsp3) is 0. The molecule has 1 N–H and O–H groups in total. The predicted octanol–water partition coefficient (Wildman–Crippen LogP) is 3.42. The second-order valence-corrected chi connectivity index (χ2v) is 3.96. The third-order valence-electron chi connectivity index (χ3n) is 2.56. The Morgan fingerprint density at radius 1 is 1.24 bits per heavy atom. The highest BCUT2D eigenvalue weighted by Crippen LogP contribution is 2.31. The van der Waals surface area contributed by atoms with E-state index in [9.17, 15) is 4.39 Å². The zero-order valence-corrected chi connectivity index (χ0v) is 9.37. The highest BCUT2D eigenvalue weighted by atomic mass is 35.5. The van der Waals surface area contributed by atoms with E-state index in [0.29, 0.717) is 16.2 Å². The molecule has 3 aromatic rings. The van der Waals surface area contributed by atoms with Gasteiger partial charge in [-0.3, -0.25) is 0 Å². The Bertz CT molecular complexity index is 693. The molecule has 0 fully saturated rings. The number of halogens is 2. The summed E-state index contributed by atoms with van der Waals surface area (Å²) < 4.78 is 13.2. The van der Waals surface area contributed by atoms with Crippen molar-refractivity contribution in [1.82, 2.24) is 15.0 Å². The van der Waals surface area contributed by atoms with Gasteiger partial charge in [0.25, 0.3) is 0 Å². The summed E-state index contributed by atoms with van der Waals surface area (Å²) in [5.41, 5.74) is 2.18. The van der Waals surface area contributed by atoms with E-state index in [2.05, 4.69) is 15.0 Å². The Labute approximate surface area is 101 Å². The van der Waals surface area contributed by atoms with E-state index in [1.807, 2.05) is 6.07 Å². The van der Waals surface area contributed by atoms with Crippen LogP contribution in [0.4, 0.5) is 4.39 Å². The molecule has 5 heteroatoms. The average molecular weight is 248 g/mol. The Morgan fingerprint density at radius 3 is 2.94 bits per heavy atom. The molecule has 3 rings (SSSR count). The van der Waals surface area contributed by atoms with Crippen LogP contribution < -0.4 is 0 Å². The van der Waals surface area contributed by atoms with Gasteiger partial charge in [-0.15, -0.1) is 0 Å². The van der Waals surface area contributed by atoms with Gasteiger partial charge < -0.3 is 4.98 Å². The molecule has 2 heterocycles. The molecule has 17 heavy (non-hydrogen) atoms. The minimum absolute atomic E-state index is 0.287. The van der Waals surface area contributed by atoms with Crippen LogP contribution in [-0.2, 0) is 0 Å². The number of hydrogen-bond acceptors (Lipinski definition) is 2. The van der Waals surface area contributed by atoms with Crippen LogP contribution in [0.1, 0.15) is 0 Å². The number of aromatic amines is 1. The van der Waals surface area contributed by atoms with E-state index in [0.717, 1.165) is 11.1 Å². The van der Waals surface area contributed by atoms with Gasteiger partial charge in [-0.2, -0.15) is 0 Å². The summed E-state index contributed by atoms with van der Waals surface area (Å²) in [5.74, 6) is -0.287. The van der Waals surface area contributed by atoms with Gasteiger partial charge in [0.15, 0.2) is 0 Å². The van der Waals surface area contributed by atoms with Crippen LogP contribution in [-0.4, -0.2) is 15.0 Å². The number of benzene rings is 1. The quantitative estimate of drug-likeness (QED) is 0.670. The molecule has 0 spiro atoms. The molecule has 0 bridgehead atoms. The molecule has 0 radical (unpaired) electrons. The van der Waals surface area contributed by atoms with Crippen molar-refractivity contribution in [1.29, 1.82) is 0 Å². The molecule has 0 atom stereocenters. The van der Waals surface area contributed by atoms with Gasteiger partial charge in [0, 0.05) is 11.8 Å². The van der Waals surface area contributed by atoms with Crippen LogP contribution in [0.2, 0.25) is 5.15 Å². The number of aromatic nitrogens is 3. The summed E-state index contributed by atoms with van der Waals surface area (Å²) in [6, 6.07) is 6.32. The summed E-state index contributed by atoms with van der Waals surface area (Å²) in [6.45, 7) is 0. The fourth-order valence-corrected chi connectivity index (χ4v) is 2.04. The van der Waals surface area contributed by atoms with Crippen LogP contribution in [0.5, 0.6) is 0 Å². The van der Waals surface area contributed by atoms with Crippen LogP contribution in [0, 0.1) is 5.82 Å². The lowest BCUT2D eigenvalue weighted by Crippen LogP contribution is -1.83. The lowest BCUT2D eigenvalue weighted by atomic mass is 10.1. The SMILES string of the molecule is Fc1cccc(-c2c[nH]c3ncnc(Cl)c23)c1. The predicted molar refractivity (Wildman–Crippen MR) is 64.3 cm³/mol. The standard InChI is InChI=1S/C12H7ClFN3/c13-11-10-9(5-15-12(10)17-6-16-11)7-2-1-3-8(14)4-7/h1-6H,(H,15,16,17). The van der Waals surface area contributed by atoms with Crippen molar-refractivity contribution in [2.45, 2.75) is 0 Å². The maximum Gasteiger partial charge on any atom is 0.142 e. The second kappa shape index (κ2) is 3.82. The number of nitrogens with zero attached hydrogens (tertiary/aromatic N) is 2. The molecule has 84 valence electrons. The summed E-state index contributed by atoms with van der Waals surface area (Å²) >= 11 is 6.03. The van der Waals surface area contributed by atoms with Gasteiger partial charge in [0.1, 0.15) is 22.9 Å². The van der Waals surface area contributed by atoms with Crippen molar-refractivity contribution in [2.24, 2.45) is 0 Å². The number of fused-ring (bicyclic) bond motifs is 1. The second-order valence-electron chi connectivity index (χ2n) is 3.60. The van der Waals surface area contributed by atoms with Gasteiger partial charge in [-0.05, 0) is 17.7 Å². The van der Waals surface area contributed by atoms with Crippen molar-refractivity contribution in [3.63, 3.8) is 0 Å². The number of hydrogen-bond donors (Lipinski definition) is 1. The first kappa shape index (κ1) is 10.2. The van der Waals surface area contributed by atoms with Gasteiger partial charge in [-0.1, -0.05) is 23.7 Å². The third-order valence-corrected chi connectivity index (χ3v) is 2.85. The zero-order valence-electron chi connectivity index (χ0n) is 8.61. The third kappa shape index (κ3) is 1.66. The summed E-state index contributed by atoms with van der Waals surface area (Å²) in [4.78, 5) is 11.0. The number of H-pyrrole nitrogens is 1. The minimum Gasteiger partial charge on any atom is -0.345 e. The molecule has 0 aliphatic heterocycles. The molecule has 0 aliphatic carbocycles. The first-order valence-corrected chi connectivity index (χ1v) is 5.37. The average Bonchev–Trinajstić information content (AvgIpc) is 2.74. The molecule has 3 nitrogen and oxygen atoms in total. The molecule has 1 aromatic carbocycles. The Morgan fingerprint density at radius 2 is 2.12 bits per heavy atom. The first-order chi connectivity index (χ1) is 8.25. The Hall–Kier alpha value is -1.94. The summed E-state index contributed by atoms with van der Waals surface area (Å²) in [5, 5.41) is 1.07. The van der Waals surface area contributed by atoms with Gasteiger partial charge in [0.05, 0.1) is 5.39 Å². The fourth-order valence-electron chi connectivity index (χ4n) is 1.81. The lowest BCUT2D eigenvalue weighted by molar-refractivity contribution is 0.628. The molecule has 0 aliphatic rings. The van der Waals surface area contributed by atoms with E-state index in [-0.39, 0.29) is 5.82 Å². The van der Waals surface area contributed by atoms with Crippen molar-refractivity contribution < 1.29 is 4.39 Å².